The van der Waals surface area contributed by atoms with Gasteiger partial charge in [0.25, 0.3) is 17.0 Å². The number of pyridine rings is 2. The van der Waals surface area contributed by atoms with Crippen LogP contribution in [0.3, 0.4) is 0 Å². The summed E-state index contributed by atoms with van der Waals surface area (Å²) in [7, 11) is 4.72. The second-order valence-corrected chi connectivity index (χ2v) is 16.7. The lowest BCUT2D eigenvalue weighted by atomic mass is 9.95. The van der Waals surface area contributed by atoms with Crippen molar-refractivity contribution in [1.82, 2.24) is 19.0 Å². The van der Waals surface area contributed by atoms with Gasteiger partial charge in [0.1, 0.15) is 23.5 Å². The first-order chi connectivity index (χ1) is 34.0. The zero-order valence-corrected chi connectivity index (χ0v) is 41.2. The quantitative estimate of drug-likeness (QED) is 0.0774. The van der Waals surface area contributed by atoms with Crippen LogP contribution < -0.4 is 33.6 Å². The van der Waals surface area contributed by atoms with Crippen molar-refractivity contribution in [2.75, 3.05) is 19.8 Å². The van der Waals surface area contributed by atoms with Crippen LogP contribution in [0.15, 0.2) is 96.4 Å². The molecular formula is C52H65N5O14. The summed E-state index contributed by atoms with van der Waals surface area (Å²) in [4.78, 5) is 92.0. The van der Waals surface area contributed by atoms with Gasteiger partial charge in [-0.05, 0) is 82.9 Å². The number of aryl methyl sites for hydroxylation is 3. The van der Waals surface area contributed by atoms with Crippen molar-refractivity contribution < 1.29 is 48.0 Å². The van der Waals surface area contributed by atoms with Gasteiger partial charge in [-0.2, -0.15) is 0 Å². The maximum atomic E-state index is 12.5. The molecule has 8 rings (SSSR count). The number of nitrogens with one attached hydrogen (secondary N) is 1. The van der Waals surface area contributed by atoms with Crippen molar-refractivity contribution in [3.63, 3.8) is 0 Å². The van der Waals surface area contributed by atoms with Gasteiger partial charge in [-0.25, -0.2) is 14.4 Å². The number of aromatic hydroxyl groups is 2. The summed E-state index contributed by atoms with van der Waals surface area (Å²) in [5, 5.41) is 24.7. The Kier molecular flexibility index (Phi) is 21.8. The molecular weight excluding hydrogens is 919 g/mol. The lowest BCUT2D eigenvalue weighted by molar-refractivity contribution is -0.153. The number of amides is 1. The molecule has 5 N–H and O–H groups in total. The highest BCUT2D eigenvalue weighted by Crippen LogP contribution is 2.27. The Morgan fingerprint density at radius 2 is 1.00 bits per heavy atom. The molecule has 19 nitrogen and oxygen atoms in total. The number of aromatic nitrogens is 3. The standard InChI is InChI=1S/C17H20N2O3.C13H13NO4.C9H7NO3.C7H12O4.C6H13N/c1-19-13-10-6-5-9-12(13)15(20)14(17(19)22)16(21)18-11-7-3-2-4-8-11;1-3-18-13(17)10-11(15)8-6-4-5-7-9(8)14(2)12(10)16;1-10-7-5-3-2-4-6(7)8(11)13-9(10)12;1-3-10-6(8)5-7(9)11-4-2;7-6-4-2-1-3-5-6/h5-6,9-11,20H,2-4,7-8H2,1H3,(H,18,21);4-7,15H,3H2,1-2H3;2-5H,1H3;3-5H2,1-2H3;6H,1-5,7H2. The number of nitrogens with two attached hydrogens (primary N) is 1. The van der Waals surface area contributed by atoms with Crippen LogP contribution in [0.4, 0.5) is 0 Å². The van der Waals surface area contributed by atoms with Crippen molar-refractivity contribution in [2.24, 2.45) is 26.9 Å². The number of nitrogens with zero attached hydrogens (tertiary/aromatic N) is 3. The van der Waals surface area contributed by atoms with Gasteiger partial charge < -0.3 is 49.0 Å². The van der Waals surface area contributed by atoms with Gasteiger partial charge >= 0.3 is 29.3 Å². The van der Waals surface area contributed by atoms with Crippen molar-refractivity contribution in [1.29, 1.82) is 0 Å². The van der Waals surface area contributed by atoms with E-state index in [0.29, 0.717) is 38.8 Å². The second-order valence-electron chi connectivity index (χ2n) is 16.7. The minimum absolute atomic E-state index is 0.0943. The van der Waals surface area contributed by atoms with Crippen LogP contribution >= 0.6 is 0 Å². The third-order valence-electron chi connectivity index (χ3n) is 11.7. The van der Waals surface area contributed by atoms with Gasteiger partial charge in [0.2, 0.25) is 0 Å². The lowest BCUT2D eigenvalue weighted by Gasteiger charge is -2.23. The van der Waals surface area contributed by atoms with Crippen LogP contribution in [0.1, 0.15) is 112 Å². The summed E-state index contributed by atoms with van der Waals surface area (Å²) in [5.41, 5.74) is 5.30. The van der Waals surface area contributed by atoms with Crippen LogP contribution in [0.25, 0.3) is 32.7 Å². The number of esters is 3. The van der Waals surface area contributed by atoms with Gasteiger partial charge in [-0.1, -0.05) is 74.9 Å². The first-order valence-electron chi connectivity index (χ1n) is 23.7. The number of carbonyl (C=O) groups excluding carboxylic acids is 4. The van der Waals surface area contributed by atoms with E-state index in [0.717, 1.165) is 25.7 Å². The Hall–Kier alpha value is -7.54. The number of fused-ring (bicyclic) bond motifs is 3. The molecule has 0 spiro atoms. The summed E-state index contributed by atoms with van der Waals surface area (Å²) in [6.45, 7) is 5.73. The average molecular weight is 984 g/mol. The molecule has 1 amide bonds. The predicted octanol–water partition coefficient (Wildman–Crippen LogP) is 6.00. The molecule has 3 aromatic heterocycles. The van der Waals surface area contributed by atoms with E-state index in [4.69, 9.17) is 10.5 Å². The van der Waals surface area contributed by atoms with Crippen LogP contribution in [-0.4, -0.2) is 79.6 Å². The first-order valence-corrected chi connectivity index (χ1v) is 23.7. The molecule has 6 aromatic rings. The highest BCUT2D eigenvalue weighted by Gasteiger charge is 2.25. The lowest BCUT2D eigenvalue weighted by Crippen LogP contribution is -2.39. The van der Waals surface area contributed by atoms with E-state index in [2.05, 4.69) is 19.2 Å². The summed E-state index contributed by atoms with van der Waals surface area (Å²) in [5.74, 6) is -3.54. The maximum absolute atomic E-state index is 12.5. The van der Waals surface area contributed by atoms with Crippen LogP contribution in [0.2, 0.25) is 0 Å². The summed E-state index contributed by atoms with van der Waals surface area (Å²) < 4.78 is 22.3. The molecule has 2 aliphatic carbocycles. The number of ether oxygens (including phenoxy) is 3. The fraction of sp³-hybridized carbons (Fsp3) is 0.423. The van der Waals surface area contributed by atoms with E-state index in [-0.39, 0.29) is 54.9 Å². The number of hydrogen-bond acceptors (Lipinski definition) is 15. The smallest absolute Gasteiger partial charge is 0.422 e. The van der Waals surface area contributed by atoms with Crippen molar-refractivity contribution >= 4 is 56.5 Å². The molecule has 3 aromatic carbocycles. The summed E-state index contributed by atoms with van der Waals surface area (Å²) >= 11 is 0. The molecule has 2 fully saturated rings. The normalized spacial score (nSPS) is 13.4. The molecule has 19 heteroatoms. The van der Waals surface area contributed by atoms with Crippen molar-refractivity contribution in [3.8, 4) is 11.5 Å². The van der Waals surface area contributed by atoms with E-state index in [1.165, 1.54) is 52.2 Å². The molecule has 0 bridgehead atoms. The molecule has 0 aliphatic heterocycles. The Morgan fingerprint density at radius 3 is 1.45 bits per heavy atom. The van der Waals surface area contributed by atoms with Crippen molar-refractivity contribution in [2.45, 2.75) is 103 Å². The van der Waals surface area contributed by atoms with E-state index in [1.807, 2.05) is 0 Å². The SMILES string of the molecule is CCOC(=O)CC(=O)OCC.CCOC(=O)c1c(O)c2ccccc2n(C)c1=O.Cn1c(=O)c(C(=O)NC2CCCCC2)c(O)c2ccccc21.Cn1c(=O)oc(=O)c2ccccc21.NC1CCCCC1. The molecule has 71 heavy (non-hydrogen) atoms. The third-order valence-corrected chi connectivity index (χ3v) is 11.7. The van der Waals surface area contributed by atoms with E-state index < -0.39 is 46.3 Å². The number of benzene rings is 3. The number of para-hydroxylation sites is 3. The molecule has 0 unspecified atom stereocenters. The zero-order valence-electron chi connectivity index (χ0n) is 41.2. The Balaban J connectivity index is 0.000000202. The Morgan fingerprint density at radius 1 is 0.592 bits per heavy atom. The summed E-state index contributed by atoms with van der Waals surface area (Å²) in [6, 6.07) is 21.3. The number of carbonyl (C=O) groups is 4. The molecule has 3 heterocycles. The van der Waals surface area contributed by atoms with Crippen LogP contribution in [0, 0.1) is 0 Å². The monoisotopic (exact) mass is 983 g/mol. The van der Waals surface area contributed by atoms with Gasteiger partial charge in [-0.15, -0.1) is 0 Å². The summed E-state index contributed by atoms with van der Waals surface area (Å²) in [6.07, 6.45) is 11.6. The zero-order chi connectivity index (χ0) is 52.2. The molecule has 382 valence electrons. The predicted molar refractivity (Wildman–Crippen MR) is 269 cm³/mol. The molecule has 0 saturated heterocycles. The molecule has 2 saturated carbocycles. The molecule has 0 atom stereocenters. The fourth-order valence-electron chi connectivity index (χ4n) is 7.97. The van der Waals surface area contributed by atoms with Crippen LogP contribution in [-0.2, 0) is 44.9 Å². The fourth-order valence-corrected chi connectivity index (χ4v) is 7.97. The van der Waals surface area contributed by atoms with Gasteiger partial charge in [0.15, 0.2) is 5.56 Å². The Labute approximate surface area is 409 Å². The first kappa shape index (κ1) is 56.1. The van der Waals surface area contributed by atoms with E-state index in [1.54, 1.807) is 115 Å². The molecule has 2 aliphatic rings. The van der Waals surface area contributed by atoms with Gasteiger partial charge in [0.05, 0.1) is 41.8 Å². The number of rotatable bonds is 8. The van der Waals surface area contributed by atoms with Crippen molar-refractivity contribution in [3.05, 3.63) is 126 Å². The van der Waals surface area contributed by atoms with E-state index >= 15 is 0 Å². The Bertz CT molecular complexity index is 3020. The average Bonchev–Trinajstić information content (AvgIpc) is 3.36. The maximum Gasteiger partial charge on any atom is 0.422 e. The van der Waals surface area contributed by atoms with Gasteiger partial charge in [0, 0.05) is 44.0 Å². The number of hydrogen-bond donors (Lipinski definition) is 4. The highest BCUT2D eigenvalue weighted by atomic mass is 16.6. The van der Waals surface area contributed by atoms with Gasteiger partial charge in [-0.3, -0.25) is 28.5 Å². The van der Waals surface area contributed by atoms with Crippen LogP contribution in [0.5, 0.6) is 11.5 Å². The second kappa shape index (κ2) is 27.6. The minimum atomic E-state index is -0.804. The third kappa shape index (κ3) is 15.2. The largest absolute Gasteiger partial charge is 0.506 e. The van der Waals surface area contributed by atoms with E-state index in [9.17, 15) is 48.6 Å². The topological polar surface area (TPSA) is 271 Å². The minimum Gasteiger partial charge on any atom is -0.506 e. The highest BCUT2D eigenvalue weighted by molar-refractivity contribution is 6.02. The molecule has 0 radical (unpaired) electrons.